The smallest absolute Gasteiger partial charge is 0.306 e. The van der Waals surface area contributed by atoms with Crippen LogP contribution in [0.1, 0.15) is 263 Å². The minimum absolute atomic E-state index is 0.00122. The zero-order chi connectivity index (χ0) is 54.2. The highest BCUT2D eigenvalue weighted by molar-refractivity contribution is 5.95. The first kappa shape index (κ1) is 61.2. The summed E-state index contributed by atoms with van der Waals surface area (Å²) in [7, 11) is 0. The van der Waals surface area contributed by atoms with Crippen molar-refractivity contribution in [2.75, 3.05) is 19.8 Å². The molecule has 0 aromatic heterocycles. The summed E-state index contributed by atoms with van der Waals surface area (Å²) in [4.78, 5) is 26.3. The number of amides is 1. The molecule has 3 fully saturated rings. The molecule has 0 saturated heterocycles. The monoisotopic (exact) mass is 1050 g/mol. The molecule has 0 unspecified atom stereocenters. The Balaban J connectivity index is 0.875. The lowest BCUT2D eigenvalue weighted by Gasteiger charge is -2.58. The zero-order valence-electron chi connectivity index (χ0n) is 49.0. The van der Waals surface area contributed by atoms with E-state index in [1.165, 1.54) is 135 Å². The van der Waals surface area contributed by atoms with Gasteiger partial charge in [-0.3, -0.25) is 9.59 Å². The van der Waals surface area contributed by atoms with E-state index in [0.29, 0.717) is 60.0 Å². The molecule has 9 nitrogen and oxygen atoms in total. The highest BCUT2D eigenvalue weighted by Gasteiger charge is 2.59. The summed E-state index contributed by atoms with van der Waals surface area (Å²) in [6.45, 7) is 18.7. The number of nitrogens with zero attached hydrogens (tertiary/aromatic N) is 1. The molecule has 8 atom stereocenters. The number of unbranched alkanes of at least 4 members (excludes halogenated alkanes) is 16. The molecule has 2 aromatic carbocycles. The van der Waals surface area contributed by atoms with Crippen LogP contribution in [0.15, 0.2) is 53.1 Å². The molecular weight excluding hydrogens is 945 g/mol. The van der Waals surface area contributed by atoms with Crippen molar-refractivity contribution in [3.05, 3.63) is 59.2 Å². The predicted molar refractivity (Wildman–Crippen MR) is 313 cm³/mol. The third kappa shape index (κ3) is 18.3. The number of nitrogens with one attached hydrogen (secondary N) is 1. The van der Waals surface area contributed by atoms with E-state index in [0.717, 1.165) is 99.7 Å². The molecule has 9 heteroatoms. The lowest BCUT2D eigenvalue weighted by Crippen LogP contribution is -2.51. The zero-order valence-corrected chi connectivity index (χ0v) is 49.0. The number of carbonyl (C=O) groups is 2. The van der Waals surface area contributed by atoms with Gasteiger partial charge in [-0.15, -0.1) is 0 Å². The number of esters is 1. The van der Waals surface area contributed by atoms with E-state index in [1.807, 2.05) is 6.07 Å². The van der Waals surface area contributed by atoms with Gasteiger partial charge in [0.2, 0.25) is 0 Å². The maximum absolute atomic E-state index is 13.3. The van der Waals surface area contributed by atoms with Crippen molar-refractivity contribution in [2.45, 2.75) is 254 Å². The Bertz CT molecular complexity index is 2100. The van der Waals surface area contributed by atoms with Crippen LogP contribution in [0.5, 0.6) is 23.0 Å². The number of hydrogen-bond donors (Lipinski definition) is 2. The van der Waals surface area contributed by atoms with Gasteiger partial charge >= 0.3 is 5.97 Å². The SMILES string of the molecule is CCCCCCCCCCOc1ccc(C(=O)N/N=C/c2ccc(OCCCCCC(=O)O[C@H]3CC[C@@]4(C)C(=CC[C@H]5[C@@H]6CC[C@H]([C@H](C)CCCC(C)C)[C@@]6(C)CC[C@@H]54)C3)cc2O)cc1OCCCCCCCCCC. The molecule has 0 radical (unpaired) electrons. The third-order valence-electron chi connectivity index (χ3n) is 18.9. The molecule has 76 heavy (non-hydrogen) atoms. The Labute approximate surface area is 462 Å². The number of carbonyl (C=O) groups excluding carboxylic acids is 2. The first-order valence-corrected chi connectivity index (χ1v) is 31.4. The second kappa shape index (κ2) is 32.2. The number of benzene rings is 2. The summed E-state index contributed by atoms with van der Waals surface area (Å²) >= 11 is 0. The molecule has 4 aliphatic carbocycles. The van der Waals surface area contributed by atoms with Gasteiger partial charge in [-0.05, 0) is 154 Å². The van der Waals surface area contributed by atoms with E-state index in [-0.39, 0.29) is 29.1 Å². The Morgan fingerprint density at radius 3 is 2.01 bits per heavy atom. The molecule has 4 aliphatic rings. The molecule has 0 bridgehead atoms. The average Bonchev–Trinajstić information content (AvgIpc) is 3.78. The van der Waals surface area contributed by atoms with E-state index < -0.39 is 0 Å². The highest BCUT2D eigenvalue weighted by atomic mass is 16.5. The summed E-state index contributed by atoms with van der Waals surface area (Å²) in [5.41, 5.74) is 5.80. The maximum Gasteiger partial charge on any atom is 0.306 e. The number of ether oxygens (including phenoxy) is 4. The molecule has 426 valence electrons. The van der Waals surface area contributed by atoms with Gasteiger partial charge in [0.1, 0.15) is 17.6 Å². The number of allylic oxidation sites excluding steroid dienone is 1. The first-order valence-electron chi connectivity index (χ1n) is 31.4. The van der Waals surface area contributed by atoms with Crippen molar-refractivity contribution in [1.82, 2.24) is 5.43 Å². The molecule has 0 spiro atoms. The van der Waals surface area contributed by atoms with Gasteiger partial charge in [-0.2, -0.15) is 5.10 Å². The number of phenolic OH excluding ortho intramolecular Hbond substituents is 1. The number of phenols is 1. The van der Waals surface area contributed by atoms with Crippen LogP contribution < -0.4 is 19.6 Å². The fourth-order valence-electron chi connectivity index (χ4n) is 14.4. The topological polar surface area (TPSA) is 116 Å². The van der Waals surface area contributed by atoms with Crippen LogP contribution in [0.3, 0.4) is 0 Å². The van der Waals surface area contributed by atoms with Gasteiger partial charge in [0.15, 0.2) is 11.5 Å². The first-order chi connectivity index (χ1) is 36.9. The van der Waals surface area contributed by atoms with Gasteiger partial charge in [0.05, 0.1) is 26.0 Å². The Morgan fingerprint density at radius 1 is 0.697 bits per heavy atom. The Hall–Kier alpha value is -4.01. The maximum atomic E-state index is 13.3. The van der Waals surface area contributed by atoms with Crippen LogP contribution in [-0.2, 0) is 9.53 Å². The molecule has 2 N–H and O–H groups in total. The van der Waals surface area contributed by atoms with Crippen LogP contribution in [-0.4, -0.2) is 49.1 Å². The summed E-state index contributed by atoms with van der Waals surface area (Å²) in [6, 6.07) is 10.4. The van der Waals surface area contributed by atoms with Crippen LogP contribution in [0.25, 0.3) is 0 Å². The van der Waals surface area contributed by atoms with E-state index in [4.69, 9.17) is 18.9 Å². The number of hydrazone groups is 1. The molecule has 3 saturated carbocycles. The van der Waals surface area contributed by atoms with Crippen molar-refractivity contribution in [1.29, 1.82) is 0 Å². The summed E-state index contributed by atoms with van der Waals surface area (Å²) in [6.07, 6.45) is 40.4. The van der Waals surface area contributed by atoms with E-state index in [2.05, 4.69) is 65.1 Å². The lowest BCUT2D eigenvalue weighted by molar-refractivity contribution is -0.151. The molecule has 6 rings (SSSR count). The number of hydrogen-bond acceptors (Lipinski definition) is 8. The van der Waals surface area contributed by atoms with Crippen molar-refractivity contribution >= 4 is 18.1 Å². The number of rotatable bonds is 36. The minimum atomic E-state index is -0.381. The van der Waals surface area contributed by atoms with Gasteiger partial charge < -0.3 is 24.1 Å². The van der Waals surface area contributed by atoms with E-state index in [9.17, 15) is 14.7 Å². The second-order valence-corrected chi connectivity index (χ2v) is 25.0. The molecular formula is C67H106N2O7. The van der Waals surface area contributed by atoms with E-state index >= 15 is 0 Å². The lowest BCUT2D eigenvalue weighted by atomic mass is 9.47. The summed E-state index contributed by atoms with van der Waals surface area (Å²) in [5, 5.41) is 14.9. The quantitative estimate of drug-likeness (QED) is 0.0230. The Kier molecular flexibility index (Phi) is 25.9. The van der Waals surface area contributed by atoms with Crippen LogP contribution in [0, 0.1) is 46.3 Å². The van der Waals surface area contributed by atoms with Gasteiger partial charge in [0, 0.05) is 30.0 Å². The van der Waals surface area contributed by atoms with Crippen molar-refractivity contribution in [3.8, 4) is 23.0 Å². The molecule has 1 amide bonds. The van der Waals surface area contributed by atoms with Crippen LogP contribution in [0.4, 0.5) is 0 Å². The highest BCUT2D eigenvalue weighted by Crippen LogP contribution is 2.67. The fourth-order valence-corrected chi connectivity index (χ4v) is 14.4. The summed E-state index contributed by atoms with van der Waals surface area (Å²) in [5.74, 6) is 6.28. The van der Waals surface area contributed by atoms with E-state index in [1.54, 1.807) is 35.9 Å². The molecule has 2 aromatic rings. The Morgan fingerprint density at radius 2 is 1.34 bits per heavy atom. The summed E-state index contributed by atoms with van der Waals surface area (Å²) < 4.78 is 24.5. The fraction of sp³-hybridized carbons (Fsp3) is 0.746. The number of fused-ring (bicyclic) bond motifs is 5. The normalized spacial score (nSPS) is 24.4. The van der Waals surface area contributed by atoms with Crippen LogP contribution >= 0.6 is 0 Å². The standard InChI is InChI=1S/C67H106N2O7/c1-8-10-12-14-16-18-20-24-44-74-62-38-32-52(46-63(62)75-45-25-21-19-17-15-13-11-9-2)65(72)69-68-49-53-31-34-55(48-61(53)70)73-43-26-22-23-30-64(71)76-56-39-41-66(6)54(47-56)33-35-57-59-37-36-58(51(5)29-27-28-50(3)4)67(59,7)42-40-60(57)66/h31-34,38,46,48-51,56-60,70H,8-30,35-37,39-45,47H2,1-7H3,(H,69,72)/b68-49+/t51-,56+,57+,58-,59+,60+,66+,67-/m1/s1. The predicted octanol–water partition coefficient (Wildman–Crippen LogP) is 18.1. The van der Waals surface area contributed by atoms with Gasteiger partial charge in [0.25, 0.3) is 5.91 Å². The molecule has 0 heterocycles. The average molecular weight is 1050 g/mol. The van der Waals surface area contributed by atoms with Crippen molar-refractivity contribution in [3.63, 3.8) is 0 Å². The molecule has 0 aliphatic heterocycles. The van der Waals surface area contributed by atoms with Crippen molar-refractivity contribution in [2.24, 2.45) is 51.4 Å². The minimum Gasteiger partial charge on any atom is -0.507 e. The third-order valence-corrected chi connectivity index (χ3v) is 18.9. The van der Waals surface area contributed by atoms with Crippen molar-refractivity contribution < 1.29 is 33.6 Å². The van der Waals surface area contributed by atoms with Gasteiger partial charge in [-0.1, -0.05) is 169 Å². The van der Waals surface area contributed by atoms with Crippen LogP contribution in [0.2, 0.25) is 0 Å². The second-order valence-electron chi connectivity index (χ2n) is 25.0. The van der Waals surface area contributed by atoms with Gasteiger partial charge in [-0.25, -0.2) is 5.43 Å². The largest absolute Gasteiger partial charge is 0.507 e. The number of aromatic hydroxyl groups is 1.